The van der Waals surface area contributed by atoms with Crippen molar-refractivity contribution in [3.05, 3.63) is 0 Å². The minimum atomic E-state index is 0. The van der Waals surface area contributed by atoms with Gasteiger partial charge < -0.3 is 71.9 Å². The second-order valence-electron chi connectivity index (χ2n) is 0. The van der Waals surface area contributed by atoms with Gasteiger partial charge in [-0.3, -0.25) is 0 Å². The van der Waals surface area contributed by atoms with Crippen LogP contribution in [0.5, 0.6) is 0 Å². The molecular formula is I3LiMg. The van der Waals surface area contributed by atoms with Crippen molar-refractivity contribution in [2.75, 3.05) is 0 Å². The average molecular weight is 412 g/mol. The molecule has 5 heavy (non-hydrogen) atoms. The Hall–Kier alpha value is 3.55. The van der Waals surface area contributed by atoms with Gasteiger partial charge in [-0.2, -0.15) is 0 Å². The van der Waals surface area contributed by atoms with Gasteiger partial charge in [0, 0.05) is 0 Å². The van der Waals surface area contributed by atoms with Gasteiger partial charge in [0.25, 0.3) is 0 Å². The first-order valence-corrected chi connectivity index (χ1v) is 0. The zero-order valence-electron chi connectivity index (χ0n) is 2.84. The summed E-state index contributed by atoms with van der Waals surface area (Å²) in [7, 11) is 0. The molecule has 0 radical (unpaired) electrons. The molecule has 0 aromatic carbocycles. The smallest absolute Gasteiger partial charge is 1.00 e. The molecule has 0 spiro atoms. The van der Waals surface area contributed by atoms with Gasteiger partial charge in [0.1, 0.15) is 0 Å². The largest absolute Gasteiger partial charge is 2.00 e. The summed E-state index contributed by atoms with van der Waals surface area (Å²) in [4.78, 5) is 0. The van der Waals surface area contributed by atoms with E-state index in [-0.39, 0.29) is 114 Å². The molecule has 0 amide bonds. The van der Waals surface area contributed by atoms with Crippen LogP contribution in [0.3, 0.4) is 0 Å². The minimum absolute atomic E-state index is 0. The molecule has 0 nitrogen and oxygen atoms in total. The fourth-order valence-corrected chi connectivity index (χ4v) is 0. The molecule has 0 rings (SSSR count). The molecule has 0 aliphatic carbocycles. The summed E-state index contributed by atoms with van der Waals surface area (Å²) in [5.74, 6) is 0. The average Bonchev–Trinajstić information content (AvgIpc) is 0. The van der Waals surface area contributed by atoms with E-state index in [0.29, 0.717) is 0 Å². The second kappa shape index (κ2) is 25.7. The summed E-state index contributed by atoms with van der Waals surface area (Å²) in [6.45, 7) is 0. The molecule has 0 aromatic rings. The van der Waals surface area contributed by atoms with E-state index >= 15 is 0 Å². The van der Waals surface area contributed by atoms with Crippen molar-refractivity contribution in [1.82, 2.24) is 0 Å². The summed E-state index contributed by atoms with van der Waals surface area (Å²) >= 11 is 0. The van der Waals surface area contributed by atoms with E-state index < -0.39 is 0 Å². The van der Waals surface area contributed by atoms with Gasteiger partial charge in [-0.1, -0.05) is 0 Å². The molecule has 0 saturated heterocycles. The maximum atomic E-state index is 0. The van der Waals surface area contributed by atoms with Gasteiger partial charge in [-0.15, -0.1) is 0 Å². The van der Waals surface area contributed by atoms with E-state index in [1.807, 2.05) is 0 Å². The maximum Gasteiger partial charge on any atom is 2.00 e. The Morgan fingerprint density at radius 1 is 0.600 bits per heavy atom. The van der Waals surface area contributed by atoms with Crippen LogP contribution in [0.25, 0.3) is 0 Å². The Labute approximate surface area is 111 Å². The van der Waals surface area contributed by atoms with Crippen molar-refractivity contribution >= 4 is 23.1 Å². The Kier molecular flexibility index (Phi) is 199. The third-order valence-corrected chi connectivity index (χ3v) is 0. The molecule has 0 saturated carbocycles. The van der Waals surface area contributed by atoms with Crippen LogP contribution in [0, 0.1) is 0 Å². The van der Waals surface area contributed by atoms with Gasteiger partial charge in [-0.05, 0) is 0 Å². The molecule has 5 heteroatoms. The van der Waals surface area contributed by atoms with Crippen molar-refractivity contribution in [1.29, 1.82) is 0 Å². The van der Waals surface area contributed by atoms with E-state index in [2.05, 4.69) is 0 Å². The summed E-state index contributed by atoms with van der Waals surface area (Å²) in [6.07, 6.45) is 0. The van der Waals surface area contributed by atoms with Crippen LogP contribution >= 0.6 is 0 Å². The quantitative estimate of drug-likeness (QED) is 0.274. The van der Waals surface area contributed by atoms with Crippen molar-refractivity contribution < 1.29 is 90.8 Å². The van der Waals surface area contributed by atoms with E-state index in [1.165, 1.54) is 0 Å². The summed E-state index contributed by atoms with van der Waals surface area (Å²) in [5.41, 5.74) is 0. The van der Waals surface area contributed by atoms with Gasteiger partial charge >= 0.3 is 41.9 Å². The fraction of sp³-hybridized carbons (Fsp3) is 0. The number of rotatable bonds is 0. The van der Waals surface area contributed by atoms with Crippen molar-refractivity contribution in [3.8, 4) is 0 Å². The summed E-state index contributed by atoms with van der Waals surface area (Å²) < 4.78 is 0. The SMILES string of the molecule is [I-].[I-].[I-].[Li+].[Mg+2]. The Morgan fingerprint density at radius 2 is 0.600 bits per heavy atom. The Morgan fingerprint density at radius 3 is 0.600 bits per heavy atom. The minimum Gasteiger partial charge on any atom is -1.00 e. The van der Waals surface area contributed by atoms with Crippen LogP contribution in [-0.4, -0.2) is 23.1 Å². The van der Waals surface area contributed by atoms with Crippen LogP contribution in [-0.2, 0) is 0 Å². The molecule has 0 aliphatic rings. The maximum absolute atomic E-state index is 0. The van der Waals surface area contributed by atoms with Gasteiger partial charge in [0.05, 0.1) is 0 Å². The molecule has 0 aliphatic heterocycles. The van der Waals surface area contributed by atoms with Crippen molar-refractivity contribution in [2.45, 2.75) is 0 Å². The Bertz CT molecular complexity index is 6.85. The topological polar surface area (TPSA) is 0 Å². The molecule has 0 heterocycles. The Balaban J connectivity index is 0. The molecular weight excluding hydrogens is 412 g/mol. The zero-order chi connectivity index (χ0) is 0. The third kappa shape index (κ3) is 18.4. The fourth-order valence-electron chi connectivity index (χ4n) is 0. The van der Waals surface area contributed by atoms with Crippen LogP contribution in [0.15, 0.2) is 0 Å². The molecule has 0 fully saturated rings. The monoisotopic (exact) mass is 412 g/mol. The van der Waals surface area contributed by atoms with Gasteiger partial charge in [0.15, 0.2) is 0 Å². The normalized spacial score (nSPS) is 0. The molecule has 24 valence electrons. The van der Waals surface area contributed by atoms with Crippen molar-refractivity contribution in [3.63, 3.8) is 0 Å². The van der Waals surface area contributed by atoms with E-state index in [9.17, 15) is 0 Å². The van der Waals surface area contributed by atoms with Crippen molar-refractivity contribution in [2.24, 2.45) is 0 Å². The molecule has 0 unspecified atom stereocenters. The first-order chi connectivity index (χ1) is 0. The van der Waals surface area contributed by atoms with Crippen LogP contribution in [0.2, 0.25) is 0 Å². The van der Waals surface area contributed by atoms with Gasteiger partial charge in [-0.25, -0.2) is 0 Å². The molecule has 0 atom stereocenters. The first-order valence-electron chi connectivity index (χ1n) is 0. The predicted octanol–water partition coefficient (Wildman–Crippen LogP) is -12.4. The number of hydrogen-bond acceptors (Lipinski definition) is 0. The standard InChI is InChI=1S/3HI.Li.Mg/h3*1H;;/q;;;+1;+2/p-3. The zero-order valence-corrected chi connectivity index (χ0v) is 10.7. The first kappa shape index (κ1) is 38.6. The molecule has 0 bridgehead atoms. The number of halogens is 3. The third-order valence-electron chi connectivity index (χ3n) is 0. The van der Waals surface area contributed by atoms with E-state index in [1.54, 1.807) is 0 Å². The van der Waals surface area contributed by atoms with Crippen LogP contribution < -0.4 is 90.8 Å². The van der Waals surface area contributed by atoms with E-state index in [0.717, 1.165) is 0 Å². The summed E-state index contributed by atoms with van der Waals surface area (Å²) in [6, 6.07) is 0. The van der Waals surface area contributed by atoms with Crippen LogP contribution in [0.1, 0.15) is 0 Å². The van der Waals surface area contributed by atoms with E-state index in [4.69, 9.17) is 0 Å². The number of hydrogen-bond donors (Lipinski definition) is 0. The molecule has 0 N–H and O–H groups in total. The predicted molar refractivity (Wildman–Crippen MR) is 5.75 cm³/mol. The molecule has 0 aromatic heterocycles. The van der Waals surface area contributed by atoms with Gasteiger partial charge in [0.2, 0.25) is 0 Å². The summed E-state index contributed by atoms with van der Waals surface area (Å²) in [5, 5.41) is 0. The second-order valence-corrected chi connectivity index (χ2v) is 0. The van der Waals surface area contributed by atoms with Crippen LogP contribution in [0.4, 0.5) is 0 Å².